The normalized spacial score (nSPS) is 11.6. The van der Waals surface area contributed by atoms with Crippen LogP contribution >= 0.6 is 11.6 Å². The highest BCUT2D eigenvalue weighted by Gasteiger charge is 2.25. The number of halogens is 1. The van der Waals surface area contributed by atoms with Crippen LogP contribution in [0.2, 0.25) is 5.02 Å². The van der Waals surface area contributed by atoms with Gasteiger partial charge < -0.3 is 10.6 Å². The van der Waals surface area contributed by atoms with Gasteiger partial charge in [0.2, 0.25) is 5.91 Å². The molecule has 0 saturated carbocycles. The fourth-order valence-electron chi connectivity index (χ4n) is 2.12. The summed E-state index contributed by atoms with van der Waals surface area (Å²) in [5.41, 5.74) is -0.363. The minimum atomic E-state index is -0.738. The van der Waals surface area contributed by atoms with Gasteiger partial charge in [-0.1, -0.05) is 56.6 Å². The fourth-order valence-corrected chi connectivity index (χ4v) is 2.25. The van der Waals surface area contributed by atoms with Crippen LogP contribution < -0.4 is 10.6 Å². The smallest absolute Gasteiger partial charge is 0.292 e. The Morgan fingerprint density at radius 3 is 2.25 bits per heavy atom. The van der Waals surface area contributed by atoms with Crippen molar-refractivity contribution in [3.05, 3.63) is 74.9 Å². The lowest BCUT2D eigenvalue weighted by molar-refractivity contribution is -0.383. The predicted molar refractivity (Wildman–Crippen MR) is 109 cm³/mol. The van der Waals surface area contributed by atoms with Crippen LogP contribution in [0.5, 0.6) is 0 Å². The summed E-state index contributed by atoms with van der Waals surface area (Å²) in [7, 11) is 0. The van der Waals surface area contributed by atoms with Crippen molar-refractivity contribution in [1.29, 1.82) is 0 Å². The van der Waals surface area contributed by atoms with Gasteiger partial charge in [0.15, 0.2) is 0 Å². The maximum Gasteiger partial charge on any atom is 0.292 e. The zero-order valence-electron chi connectivity index (χ0n) is 15.7. The standard InChI is InChI=1S/C20H20ClN3O4/c1-20(2,3)19(26)23-16(12-13-8-10-14(21)11-9-13)18(25)22-15-6-4-5-7-17(15)24(27)28/h4-12H,1-3H3,(H,22,25)(H,23,26)/b16-12+. The Morgan fingerprint density at radius 2 is 1.68 bits per heavy atom. The SMILES string of the molecule is CC(C)(C)C(=O)N/C(=C/c1ccc(Cl)cc1)C(=O)Nc1ccccc1[N+](=O)[O-]. The number of hydrogen-bond donors (Lipinski definition) is 2. The molecular weight excluding hydrogens is 382 g/mol. The number of hydrogen-bond acceptors (Lipinski definition) is 4. The first-order valence-corrected chi connectivity index (χ1v) is 8.79. The summed E-state index contributed by atoms with van der Waals surface area (Å²) in [6.45, 7) is 5.13. The number of carbonyl (C=O) groups is 2. The van der Waals surface area contributed by atoms with E-state index in [9.17, 15) is 19.7 Å². The van der Waals surface area contributed by atoms with Gasteiger partial charge in [-0.3, -0.25) is 19.7 Å². The molecule has 28 heavy (non-hydrogen) atoms. The third kappa shape index (κ3) is 5.65. The second-order valence-electron chi connectivity index (χ2n) is 7.04. The average Bonchev–Trinajstić information content (AvgIpc) is 2.62. The Morgan fingerprint density at radius 1 is 1.07 bits per heavy atom. The van der Waals surface area contributed by atoms with Gasteiger partial charge in [-0.15, -0.1) is 0 Å². The molecule has 2 N–H and O–H groups in total. The molecule has 2 aromatic carbocycles. The Balaban J connectivity index is 2.38. The van der Waals surface area contributed by atoms with Crippen molar-refractivity contribution in [3.63, 3.8) is 0 Å². The molecule has 0 heterocycles. The quantitative estimate of drug-likeness (QED) is 0.440. The number of benzene rings is 2. The van der Waals surface area contributed by atoms with Gasteiger partial charge in [-0.2, -0.15) is 0 Å². The van der Waals surface area contributed by atoms with Crippen LogP contribution in [0.25, 0.3) is 6.08 Å². The summed E-state index contributed by atoms with van der Waals surface area (Å²) in [5.74, 6) is -1.05. The Labute approximate surface area is 167 Å². The van der Waals surface area contributed by atoms with E-state index in [0.717, 1.165) is 0 Å². The van der Waals surface area contributed by atoms with Crippen LogP contribution in [-0.2, 0) is 9.59 Å². The second kappa shape index (κ2) is 8.67. The number of amides is 2. The molecule has 0 radical (unpaired) electrons. The van der Waals surface area contributed by atoms with Gasteiger partial charge in [0.05, 0.1) is 4.92 Å². The minimum Gasteiger partial charge on any atom is -0.321 e. The number of nitro groups is 1. The zero-order valence-corrected chi connectivity index (χ0v) is 16.4. The first-order chi connectivity index (χ1) is 13.1. The summed E-state index contributed by atoms with van der Waals surface area (Å²) in [6.07, 6.45) is 1.48. The number of anilines is 1. The van der Waals surface area contributed by atoms with E-state index in [0.29, 0.717) is 10.6 Å². The molecule has 0 aliphatic rings. The number of carbonyl (C=O) groups excluding carboxylic acids is 2. The van der Waals surface area contributed by atoms with Crippen LogP contribution in [0.4, 0.5) is 11.4 Å². The molecule has 146 valence electrons. The van der Waals surface area contributed by atoms with Gasteiger partial charge in [0.1, 0.15) is 11.4 Å². The lowest BCUT2D eigenvalue weighted by Crippen LogP contribution is -2.38. The Bertz CT molecular complexity index is 931. The van der Waals surface area contributed by atoms with Gasteiger partial charge in [0, 0.05) is 16.5 Å². The summed E-state index contributed by atoms with van der Waals surface area (Å²) in [6, 6.07) is 12.4. The number of nitrogens with zero attached hydrogens (tertiary/aromatic N) is 1. The number of nitro benzene ring substituents is 1. The van der Waals surface area contributed by atoms with E-state index in [1.807, 2.05) is 0 Å². The average molecular weight is 402 g/mol. The van der Waals surface area contributed by atoms with Crippen molar-refractivity contribution in [1.82, 2.24) is 5.32 Å². The first kappa shape index (κ1) is 21.1. The molecule has 0 fully saturated rings. The third-order valence-corrected chi connectivity index (χ3v) is 3.96. The third-order valence-electron chi connectivity index (χ3n) is 3.70. The molecule has 0 aliphatic carbocycles. The van der Waals surface area contributed by atoms with E-state index in [4.69, 9.17) is 11.6 Å². The number of para-hydroxylation sites is 2. The second-order valence-corrected chi connectivity index (χ2v) is 7.48. The molecule has 0 unspecified atom stereocenters. The van der Waals surface area contributed by atoms with E-state index < -0.39 is 16.2 Å². The largest absolute Gasteiger partial charge is 0.321 e. The monoisotopic (exact) mass is 401 g/mol. The molecule has 0 spiro atoms. The molecule has 7 nitrogen and oxygen atoms in total. The van der Waals surface area contributed by atoms with E-state index in [-0.39, 0.29) is 23.0 Å². The van der Waals surface area contributed by atoms with Crippen molar-refractivity contribution >= 4 is 40.9 Å². The molecule has 8 heteroatoms. The summed E-state index contributed by atoms with van der Waals surface area (Å²) < 4.78 is 0. The zero-order chi connectivity index (χ0) is 20.9. The Kier molecular flexibility index (Phi) is 6.53. The summed E-state index contributed by atoms with van der Waals surface area (Å²) in [5, 5.41) is 16.8. The van der Waals surface area contributed by atoms with Crippen molar-refractivity contribution in [3.8, 4) is 0 Å². The van der Waals surface area contributed by atoms with Crippen LogP contribution in [0, 0.1) is 15.5 Å². The topological polar surface area (TPSA) is 101 Å². The highest BCUT2D eigenvalue weighted by Crippen LogP contribution is 2.24. The van der Waals surface area contributed by atoms with Crippen molar-refractivity contribution in [2.75, 3.05) is 5.32 Å². The number of rotatable bonds is 5. The molecule has 0 aliphatic heterocycles. The predicted octanol–water partition coefficient (Wildman–Crippen LogP) is 4.39. The first-order valence-electron chi connectivity index (χ1n) is 8.41. The molecular formula is C20H20ClN3O4. The van der Waals surface area contributed by atoms with E-state index in [2.05, 4.69) is 10.6 Å². The molecule has 0 bridgehead atoms. The minimum absolute atomic E-state index is 0.0320. The van der Waals surface area contributed by atoms with Gasteiger partial charge in [0.25, 0.3) is 11.6 Å². The molecule has 2 rings (SSSR count). The molecule has 2 aromatic rings. The van der Waals surface area contributed by atoms with Crippen LogP contribution in [0.15, 0.2) is 54.2 Å². The van der Waals surface area contributed by atoms with E-state index in [1.54, 1.807) is 51.1 Å². The van der Waals surface area contributed by atoms with Crippen LogP contribution in [-0.4, -0.2) is 16.7 Å². The molecule has 0 atom stereocenters. The maximum absolute atomic E-state index is 12.8. The van der Waals surface area contributed by atoms with E-state index in [1.165, 1.54) is 24.3 Å². The lowest BCUT2D eigenvalue weighted by Gasteiger charge is -2.19. The summed E-state index contributed by atoms with van der Waals surface area (Å²) >= 11 is 5.88. The van der Waals surface area contributed by atoms with Gasteiger partial charge >= 0.3 is 0 Å². The molecule has 0 aromatic heterocycles. The summed E-state index contributed by atoms with van der Waals surface area (Å²) in [4.78, 5) is 35.7. The van der Waals surface area contributed by atoms with Crippen molar-refractivity contribution in [2.45, 2.75) is 20.8 Å². The van der Waals surface area contributed by atoms with E-state index >= 15 is 0 Å². The highest BCUT2D eigenvalue weighted by molar-refractivity contribution is 6.30. The van der Waals surface area contributed by atoms with Gasteiger partial charge in [-0.25, -0.2) is 0 Å². The van der Waals surface area contributed by atoms with Crippen LogP contribution in [0.3, 0.4) is 0 Å². The van der Waals surface area contributed by atoms with Crippen molar-refractivity contribution in [2.24, 2.45) is 5.41 Å². The fraction of sp³-hybridized carbons (Fsp3) is 0.200. The molecule has 2 amide bonds. The van der Waals surface area contributed by atoms with Crippen LogP contribution in [0.1, 0.15) is 26.3 Å². The Hall–Kier alpha value is -3.19. The highest BCUT2D eigenvalue weighted by atomic mass is 35.5. The number of nitrogens with one attached hydrogen (secondary N) is 2. The van der Waals surface area contributed by atoms with Gasteiger partial charge in [-0.05, 0) is 29.8 Å². The maximum atomic E-state index is 12.8. The lowest BCUT2D eigenvalue weighted by atomic mass is 9.95. The molecule has 0 saturated heterocycles. The van der Waals surface area contributed by atoms with Crippen molar-refractivity contribution < 1.29 is 14.5 Å².